The zero-order chi connectivity index (χ0) is 27.6. The molecule has 0 bridgehead atoms. The number of nitrogens with zero attached hydrogens (tertiary/aromatic N) is 1. The van der Waals surface area contributed by atoms with Crippen molar-refractivity contribution in [1.29, 1.82) is 0 Å². The van der Waals surface area contributed by atoms with Crippen molar-refractivity contribution in [2.24, 2.45) is 17.6 Å². The number of hydrogen-bond acceptors (Lipinski definition) is 9. The first kappa shape index (κ1) is 26.2. The molecule has 4 atom stereocenters. The number of Topliss-reactive ketones (excluding diaryl/α,β-unsaturated/α-hetero) is 2. The SMILES string of the molecule is C/C=C\C(=C/C)c1cc(N)c(O)c2c1C[C@H]1C[C@H]3[C@H](N(C)C)C(=O)C(C(N)=O)=C(O)[C@@]3(O)C(=O)C1=C2O. The number of phenolic OH excluding ortho intramolecular Hbond substituents is 1. The average Bonchev–Trinajstić information content (AvgIpc) is 2.81. The Labute approximate surface area is 213 Å². The number of aromatic hydroxyl groups is 1. The maximum atomic E-state index is 13.9. The molecule has 1 amide bonds. The van der Waals surface area contributed by atoms with Crippen LogP contribution in [0.2, 0.25) is 0 Å². The zero-order valence-corrected chi connectivity index (χ0v) is 21.1. The third kappa shape index (κ3) is 3.51. The molecule has 10 nitrogen and oxygen atoms in total. The molecule has 0 saturated heterocycles. The van der Waals surface area contributed by atoms with Crippen molar-refractivity contribution in [2.75, 3.05) is 19.8 Å². The van der Waals surface area contributed by atoms with E-state index in [9.17, 15) is 34.8 Å². The first-order valence-corrected chi connectivity index (χ1v) is 11.9. The van der Waals surface area contributed by atoms with Gasteiger partial charge in [0.2, 0.25) is 5.78 Å². The number of aliphatic hydroxyl groups is 3. The van der Waals surface area contributed by atoms with E-state index < -0.39 is 63.8 Å². The van der Waals surface area contributed by atoms with Crippen LogP contribution in [0.3, 0.4) is 0 Å². The van der Waals surface area contributed by atoms with Gasteiger partial charge in [-0.2, -0.15) is 0 Å². The van der Waals surface area contributed by atoms with Gasteiger partial charge < -0.3 is 31.9 Å². The molecule has 3 aliphatic carbocycles. The summed E-state index contributed by atoms with van der Waals surface area (Å²) in [5.41, 5.74) is 9.61. The molecular weight excluding hydrogens is 478 g/mol. The smallest absolute Gasteiger partial charge is 0.255 e. The summed E-state index contributed by atoms with van der Waals surface area (Å²) in [6, 6.07) is 0.467. The van der Waals surface area contributed by atoms with Crippen LogP contribution in [-0.4, -0.2) is 68.5 Å². The molecule has 8 N–H and O–H groups in total. The van der Waals surface area contributed by atoms with Gasteiger partial charge in [-0.1, -0.05) is 18.2 Å². The van der Waals surface area contributed by atoms with Gasteiger partial charge in [0.15, 0.2) is 11.4 Å². The Kier molecular flexibility index (Phi) is 6.29. The number of benzene rings is 1. The highest BCUT2D eigenvalue weighted by Crippen LogP contribution is 2.54. The summed E-state index contributed by atoms with van der Waals surface area (Å²) in [6.07, 6.45) is 5.74. The molecule has 1 aromatic carbocycles. The second kappa shape index (κ2) is 8.89. The van der Waals surface area contributed by atoms with E-state index in [1.807, 2.05) is 32.1 Å². The van der Waals surface area contributed by atoms with Crippen LogP contribution in [0.15, 0.2) is 41.2 Å². The number of likely N-dealkylation sites (N-methyl/N-ethyl adjacent to an activating group) is 1. The molecule has 0 spiro atoms. The lowest BCUT2D eigenvalue weighted by molar-refractivity contribution is -0.153. The molecule has 0 radical (unpaired) electrons. The Morgan fingerprint density at radius 2 is 1.84 bits per heavy atom. The number of carbonyl (C=O) groups excluding carboxylic acids is 3. The molecule has 0 heterocycles. The molecule has 0 unspecified atom stereocenters. The zero-order valence-electron chi connectivity index (χ0n) is 21.1. The first-order chi connectivity index (χ1) is 17.3. The molecular formula is C27H31N3O7. The molecule has 4 rings (SSSR count). The molecule has 10 heteroatoms. The van der Waals surface area contributed by atoms with Crippen LogP contribution in [0.4, 0.5) is 5.69 Å². The second-order valence-corrected chi connectivity index (χ2v) is 9.92. The first-order valence-electron chi connectivity index (χ1n) is 11.9. The number of aliphatic hydroxyl groups excluding tert-OH is 2. The van der Waals surface area contributed by atoms with Crippen molar-refractivity contribution >= 4 is 34.5 Å². The van der Waals surface area contributed by atoms with Gasteiger partial charge in [0.1, 0.15) is 22.8 Å². The van der Waals surface area contributed by atoms with E-state index in [-0.39, 0.29) is 29.7 Å². The summed E-state index contributed by atoms with van der Waals surface area (Å²) in [4.78, 5) is 40.6. The lowest BCUT2D eigenvalue weighted by Gasteiger charge is -2.50. The molecule has 0 aromatic heterocycles. The number of anilines is 1. The number of allylic oxidation sites excluding steroid dienone is 4. The summed E-state index contributed by atoms with van der Waals surface area (Å²) in [5.74, 6) is -7.02. The number of primary amides is 1. The van der Waals surface area contributed by atoms with Crippen LogP contribution >= 0.6 is 0 Å². The number of hydrogen-bond donors (Lipinski definition) is 6. The lowest BCUT2D eigenvalue weighted by Crippen LogP contribution is -2.65. The minimum Gasteiger partial charge on any atom is -0.508 e. The Bertz CT molecular complexity index is 1370. The third-order valence-corrected chi connectivity index (χ3v) is 7.72. The largest absolute Gasteiger partial charge is 0.508 e. The Morgan fingerprint density at radius 1 is 1.19 bits per heavy atom. The van der Waals surface area contributed by atoms with Crippen LogP contribution in [0.5, 0.6) is 5.75 Å². The van der Waals surface area contributed by atoms with Gasteiger partial charge in [-0.25, -0.2) is 0 Å². The molecule has 1 saturated carbocycles. The van der Waals surface area contributed by atoms with Gasteiger partial charge in [-0.05, 0) is 69.5 Å². The van der Waals surface area contributed by atoms with Crippen LogP contribution in [0, 0.1) is 11.8 Å². The molecule has 1 aromatic rings. The molecule has 0 aliphatic heterocycles. The minimum absolute atomic E-state index is 0.0160. The van der Waals surface area contributed by atoms with E-state index in [2.05, 4.69) is 0 Å². The summed E-state index contributed by atoms with van der Waals surface area (Å²) in [7, 11) is 3.11. The fraction of sp³-hybridized carbons (Fsp3) is 0.370. The molecule has 3 aliphatic rings. The quantitative estimate of drug-likeness (QED) is 0.151. The van der Waals surface area contributed by atoms with E-state index in [1.165, 1.54) is 4.90 Å². The predicted molar refractivity (Wildman–Crippen MR) is 137 cm³/mol. The van der Waals surface area contributed by atoms with Crippen molar-refractivity contribution in [2.45, 2.75) is 38.3 Å². The Morgan fingerprint density at radius 3 is 2.38 bits per heavy atom. The number of fused-ring (bicyclic) bond motifs is 3. The van der Waals surface area contributed by atoms with Gasteiger partial charge in [-0.3, -0.25) is 19.3 Å². The van der Waals surface area contributed by atoms with Crippen LogP contribution in [-0.2, 0) is 20.8 Å². The minimum atomic E-state index is -2.68. The topological polar surface area (TPSA) is 187 Å². The lowest BCUT2D eigenvalue weighted by atomic mass is 9.57. The van der Waals surface area contributed by atoms with Crippen LogP contribution in [0.1, 0.15) is 37.0 Å². The summed E-state index contributed by atoms with van der Waals surface area (Å²) < 4.78 is 0. The summed E-state index contributed by atoms with van der Waals surface area (Å²) in [5, 5.41) is 44.7. The molecule has 37 heavy (non-hydrogen) atoms. The maximum absolute atomic E-state index is 13.9. The maximum Gasteiger partial charge on any atom is 0.255 e. The number of phenols is 1. The van der Waals surface area contributed by atoms with E-state index in [0.717, 1.165) is 5.57 Å². The second-order valence-electron chi connectivity index (χ2n) is 9.92. The van der Waals surface area contributed by atoms with Gasteiger partial charge >= 0.3 is 0 Å². The standard InChI is InChI=1S/C27H31N3O7/c1-5-7-11(6-2)13-10-16(28)21(31)18-14(13)8-12-9-15-20(30(3)4)23(33)19(26(29)36)25(35)27(15,37)24(34)17(12)22(18)32/h5-7,10,12,15,20,31-32,35,37H,8-9,28H2,1-4H3,(H2,29,36)/b7-5-,11-6+/t12-,15-,20-,27-/m0/s1. The van der Waals surface area contributed by atoms with E-state index in [0.29, 0.717) is 11.1 Å². The monoisotopic (exact) mass is 509 g/mol. The third-order valence-electron chi connectivity index (χ3n) is 7.72. The van der Waals surface area contributed by atoms with E-state index in [1.54, 1.807) is 20.2 Å². The van der Waals surface area contributed by atoms with Gasteiger partial charge in [0, 0.05) is 11.5 Å². The summed E-state index contributed by atoms with van der Waals surface area (Å²) >= 11 is 0. The van der Waals surface area contributed by atoms with Crippen LogP contribution < -0.4 is 11.5 Å². The van der Waals surface area contributed by atoms with Gasteiger partial charge in [0.25, 0.3) is 5.91 Å². The number of ketones is 2. The number of nitrogens with two attached hydrogens (primary N) is 2. The van der Waals surface area contributed by atoms with Crippen molar-refractivity contribution in [3.8, 4) is 5.75 Å². The highest BCUT2D eigenvalue weighted by molar-refractivity contribution is 6.24. The van der Waals surface area contributed by atoms with Crippen LogP contribution in [0.25, 0.3) is 11.3 Å². The highest BCUT2D eigenvalue weighted by Gasteiger charge is 2.64. The van der Waals surface area contributed by atoms with Crippen molar-refractivity contribution < 1.29 is 34.8 Å². The normalized spacial score (nSPS) is 28.1. The fourth-order valence-electron chi connectivity index (χ4n) is 6.11. The van der Waals surface area contributed by atoms with E-state index >= 15 is 0 Å². The summed E-state index contributed by atoms with van der Waals surface area (Å²) in [6.45, 7) is 3.68. The predicted octanol–water partition coefficient (Wildman–Crippen LogP) is 1.53. The molecule has 1 fully saturated rings. The number of carbonyl (C=O) groups is 3. The van der Waals surface area contributed by atoms with Crippen molar-refractivity contribution in [1.82, 2.24) is 4.90 Å². The fourth-order valence-corrected chi connectivity index (χ4v) is 6.11. The Hall–Kier alpha value is -3.89. The molecule has 196 valence electrons. The number of amides is 1. The Balaban J connectivity index is 2.02. The van der Waals surface area contributed by atoms with E-state index in [4.69, 9.17) is 11.5 Å². The van der Waals surface area contributed by atoms with Crippen molar-refractivity contribution in [3.63, 3.8) is 0 Å². The van der Waals surface area contributed by atoms with Crippen molar-refractivity contribution in [3.05, 3.63) is 57.9 Å². The number of nitrogen functional groups attached to an aromatic ring is 1. The number of rotatable bonds is 4. The highest BCUT2D eigenvalue weighted by atomic mass is 16.3. The average molecular weight is 510 g/mol. The van der Waals surface area contributed by atoms with Gasteiger partial charge in [0.05, 0.1) is 17.3 Å². The van der Waals surface area contributed by atoms with Gasteiger partial charge in [-0.15, -0.1) is 0 Å².